The maximum absolute atomic E-state index is 12.4. The molecule has 1 aliphatic rings. The molecule has 1 saturated carbocycles. The van der Waals surface area contributed by atoms with Crippen molar-refractivity contribution in [2.75, 3.05) is 6.54 Å². The van der Waals surface area contributed by atoms with E-state index in [4.69, 9.17) is 5.14 Å². The highest BCUT2D eigenvalue weighted by atomic mass is 32.2. The van der Waals surface area contributed by atoms with Crippen molar-refractivity contribution in [3.8, 4) is 0 Å². The number of carbonyl (C=O) groups excluding carboxylic acids is 1. The molecule has 1 aliphatic carbocycles. The number of rotatable bonds is 5. The predicted octanol–water partition coefficient (Wildman–Crippen LogP) is 0.780. The Morgan fingerprint density at radius 3 is 2.53 bits per heavy atom. The first-order chi connectivity index (χ1) is 8.88. The molecule has 0 unspecified atom stereocenters. The van der Waals surface area contributed by atoms with E-state index in [1.54, 1.807) is 9.47 Å². The number of aryl methyl sites for hydroxylation is 1. The van der Waals surface area contributed by atoms with Crippen molar-refractivity contribution in [1.29, 1.82) is 0 Å². The number of hydrogen-bond donors (Lipinski definition) is 1. The first kappa shape index (κ1) is 14.1. The lowest BCUT2D eigenvalue weighted by molar-refractivity contribution is 0.0741. The van der Waals surface area contributed by atoms with Crippen molar-refractivity contribution in [1.82, 2.24) is 9.47 Å². The summed E-state index contributed by atoms with van der Waals surface area (Å²) in [4.78, 5) is 14.2. The van der Waals surface area contributed by atoms with E-state index in [-0.39, 0.29) is 10.8 Å². The zero-order chi connectivity index (χ0) is 14.2. The van der Waals surface area contributed by atoms with Gasteiger partial charge in [0.15, 0.2) is 0 Å². The van der Waals surface area contributed by atoms with Crippen LogP contribution < -0.4 is 5.14 Å². The molecule has 1 aromatic heterocycles. The van der Waals surface area contributed by atoms with Crippen LogP contribution in [0.5, 0.6) is 0 Å². The monoisotopic (exact) mass is 285 g/mol. The Labute approximate surface area is 113 Å². The molecule has 106 valence electrons. The van der Waals surface area contributed by atoms with Crippen LogP contribution in [-0.4, -0.2) is 36.4 Å². The van der Waals surface area contributed by atoms with Gasteiger partial charge in [0.25, 0.3) is 5.91 Å². The Balaban J connectivity index is 2.37. The summed E-state index contributed by atoms with van der Waals surface area (Å²) in [5.74, 6) is -0.123. The summed E-state index contributed by atoms with van der Waals surface area (Å²) in [6.07, 6.45) is 3.46. The van der Waals surface area contributed by atoms with Crippen LogP contribution in [0, 0.1) is 0 Å². The lowest BCUT2D eigenvalue weighted by Gasteiger charge is -2.20. The fraction of sp³-hybridized carbons (Fsp3) is 0.583. The van der Waals surface area contributed by atoms with Gasteiger partial charge in [-0.15, -0.1) is 0 Å². The van der Waals surface area contributed by atoms with Crippen molar-refractivity contribution in [2.24, 2.45) is 5.14 Å². The van der Waals surface area contributed by atoms with Crippen LogP contribution in [0.4, 0.5) is 0 Å². The summed E-state index contributed by atoms with van der Waals surface area (Å²) in [5, 5.41) is 5.11. The highest BCUT2D eigenvalue weighted by Crippen LogP contribution is 2.28. The van der Waals surface area contributed by atoms with E-state index in [2.05, 4.69) is 0 Å². The molecule has 0 spiro atoms. The van der Waals surface area contributed by atoms with Gasteiger partial charge in [0.1, 0.15) is 10.6 Å². The average Bonchev–Trinajstić information content (AvgIpc) is 3.06. The van der Waals surface area contributed by atoms with Crippen LogP contribution >= 0.6 is 0 Å². The minimum atomic E-state index is -3.78. The van der Waals surface area contributed by atoms with Gasteiger partial charge in [0.05, 0.1) is 0 Å². The minimum Gasteiger partial charge on any atom is -0.342 e. The largest absolute Gasteiger partial charge is 0.342 e. The average molecular weight is 285 g/mol. The first-order valence-electron chi connectivity index (χ1n) is 6.42. The molecule has 2 N–H and O–H groups in total. The Morgan fingerprint density at radius 2 is 2.11 bits per heavy atom. The molecule has 0 aliphatic heterocycles. The molecule has 2 rings (SSSR count). The van der Waals surface area contributed by atoms with Crippen LogP contribution in [0.1, 0.15) is 37.2 Å². The Kier molecular flexibility index (Phi) is 3.69. The smallest absolute Gasteiger partial charge is 0.270 e. The van der Waals surface area contributed by atoms with E-state index in [0.717, 1.165) is 12.8 Å². The summed E-state index contributed by atoms with van der Waals surface area (Å²) in [6.45, 7) is 4.94. The Hall–Kier alpha value is -1.34. The van der Waals surface area contributed by atoms with Gasteiger partial charge < -0.3 is 9.47 Å². The normalized spacial score (nSPS) is 15.5. The third-order valence-corrected chi connectivity index (χ3v) is 4.23. The second kappa shape index (κ2) is 4.97. The molecule has 7 heteroatoms. The standard InChI is InChI=1S/C12H19N3O3S/c1-3-14-8-10(19(13,17)18)7-11(14)12(16)15(4-2)9-5-6-9/h7-9H,3-6H2,1-2H3,(H2,13,17,18). The number of sulfonamides is 1. The number of primary sulfonamides is 1. The summed E-state index contributed by atoms with van der Waals surface area (Å²) in [5.41, 5.74) is 0.389. The number of nitrogens with two attached hydrogens (primary N) is 1. The van der Waals surface area contributed by atoms with Crippen LogP contribution in [0.3, 0.4) is 0 Å². The van der Waals surface area contributed by atoms with E-state index in [9.17, 15) is 13.2 Å². The van der Waals surface area contributed by atoms with E-state index < -0.39 is 10.0 Å². The third-order valence-electron chi connectivity index (χ3n) is 3.35. The van der Waals surface area contributed by atoms with E-state index in [1.807, 2.05) is 13.8 Å². The SMILES string of the molecule is CCN(C(=O)c1cc(S(N)(=O)=O)cn1CC)C1CC1. The van der Waals surface area contributed by atoms with Gasteiger partial charge in [-0.1, -0.05) is 0 Å². The molecular formula is C12H19N3O3S. The zero-order valence-corrected chi connectivity index (χ0v) is 12.0. The molecular weight excluding hydrogens is 266 g/mol. The molecule has 0 saturated heterocycles. The number of aromatic nitrogens is 1. The molecule has 0 aromatic carbocycles. The second-order valence-corrected chi connectivity index (χ2v) is 6.28. The van der Waals surface area contributed by atoms with Crippen molar-refractivity contribution < 1.29 is 13.2 Å². The van der Waals surface area contributed by atoms with Crippen molar-refractivity contribution >= 4 is 15.9 Å². The molecule has 1 heterocycles. The summed E-state index contributed by atoms with van der Waals surface area (Å²) < 4.78 is 24.4. The van der Waals surface area contributed by atoms with Crippen LogP contribution in [0.2, 0.25) is 0 Å². The molecule has 1 fully saturated rings. The summed E-state index contributed by atoms with van der Waals surface area (Å²) in [7, 11) is -3.78. The molecule has 0 bridgehead atoms. The molecule has 19 heavy (non-hydrogen) atoms. The highest BCUT2D eigenvalue weighted by molar-refractivity contribution is 7.89. The van der Waals surface area contributed by atoms with E-state index >= 15 is 0 Å². The Bertz CT molecular complexity index is 587. The summed E-state index contributed by atoms with van der Waals surface area (Å²) >= 11 is 0. The number of hydrogen-bond acceptors (Lipinski definition) is 3. The van der Waals surface area contributed by atoms with Gasteiger partial charge in [-0.3, -0.25) is 4.79 Å². The van der Waals surface area contributed by atoms with Gasteiger partial charge >= 0.3 is 0 Å². The Morgan fingerprint density at radius 1 is 1.47 bits per heavy atom. The fourth-order valence-corrected chi connectivity index (χ4v) is 2.73. The van der Waals surface area contributed by atoms with Gasteiger partial charge in [0.2, 0.25) is 10.0 Å². The van der Waals surface area contributed by atoms with Gasteiger partial charge in [-0.05, 0) is 32.8 Å². The van der Waals surface area contributed by atoms with Gasteiger partial charge in [-0.2, -0.15) is 0 Å². The molecule has 1 amide bonds. The number of nitrogens with zero attached hydrogens (tertiary/aromatic N) is 2. The third kappa shape index (κ3) is 2.82. The molecule has 0 atom stereocenters. The van der Waals surface area contributed by atoms with Crippen molar-refractivity contribution in [3.63, 3.8) is 0 Å². The maximum Gasteiger partial charge on any atom is 0.270 e. The maximum atomic E-state index is 12.4. The molecule has 0 radical (unpaired) electrons. The van der Waals surface area contributed by atoms with Gasteiger partial charge in [-0.25, -0.2) is 13.6 Å². The lowest BCUT2D eigenvalue weighted by atomic mass is 10.3. The number of carbonyl (C=O) groups is 1. The fourth-order valence-electron chi connectivity index (χ4n) is 2.18. The van der Waals surface area contributed by atoms with Gasteiger partial charge in [0, 0.05) is 25.3 Å². The topological polar surface area (TPSA) is 85.4 Å². The summed E-state index contributed by atoms with van der Waals surface area (Å²) in [6, 6.07) is 1.67. The highest BCUT2D eigenvalue weighted by Gasteiger charge is 2.33. The van der Waals surface area contributed by atoms with Crippen LogP contribution in [0.25, 0.3) is 0 Å². The molecule has 6 nitrogen and oxygen atoms in total. The van der Waals surface area contributed by atoms with Crippen molar-refractivity contribution in [2.45, 2.75) is 44.2 Å². The predicted molar refractivity (Wildman–Crippen MR) is 71.2 cm³/mol. The second-order valence-electron chi connectivity index (χ2n) is 4.71. The van der Waals surface area contributed by atoms with Crippen LogP contribution in [-0.2, 0) is 16.6 Å². The van der Waals surface area contributed by atoms with E-state index in [1.165, 1.54) is 12.3 Å². The first-order valence-corrected chi connectivity index (χ1v) is 7.97. The minimum absolute atomic E-state index is 0.00968. The van der Waals surface area contributed by atoms with Crippen molar-refractivity contribution in [3.05, 3.63) is 18.0 Å². The van der Waals surface area contributed by atoms with E-state index in [0.29, 0.717) is 24.8 Å². The molecule has 1 aromatic rings. The zero-order valence-electron chi connectivity index (χ0n) is 11.2. The number of amides is 1. The van der Waals surface area contributed by atoms with Crippen LogP contribution in [0.15, 0.2) is 17.2 Å². The lowest BCUT2D eigenvalue weighted by Crippen LogP contribution is -2.34. The quantitative estimate of drug-likeness (QED) is 0.867.